The van der Waals surface area contributed by atoms with Gasteiger partial charge in [0.2, 0.25) is 11.8 Å². The molecule has 1 saturated heterocycles. The van der Waals surface area contributed by atoms with Crippen molar-refractivity contribution < 1.29 is 9.59 Å². The van der Waals surface area contributed by atoms with Crippen molar-refractivity contribution in [2.45, 2.75) is 38.1 Å². The number of hydrogen-bond donors (Lipinski definition) is 2. The van der Waals surface area contributed by atoms with Crippen LogP contribution in [0.3, 0.4) is 0 Å². The Balaban J connectivity index is 1.71. The Bertz CT molecular complexity index is 342. The molecule has 1 heterocycles. The van der Waals surface area contributed by atoms with Gasteiger partial charge in [0.25, 0.3) is 0 Å². The third-order valence-corrected chi connectivity index (χ3v) is 4.22. The van der Waals surface area contributed by atoms with Crippen LogP contribution >= 0.6 is 0 Å². The highest BCUT2D eigenvalue weighted by atomic mass is 16.2. The maximum absolute atomic E-state index is 12.2. The first-order chi connectivity index (χ1) is 9.65. The van der Waals surface area contributed by atoms with Crippen molar-refractivity contribution in [3.63, 3.8) is 0 Å². The van der Waals surface area contributed by atoms with Crippen LogP contribution in [0.1, 0.15) is 32.1 Å². The molecule has 2 fully saturated rings. The van der Waals surface area contributed by atoms with Crippen molar-refractivity contribution in [1.82, 2.24) is 15.1 Å². The molecule has 0 aromatic heterocycles. The van der Waals surface area contributed by atoms with Crippen LogP contribution in [0.4, 0.5) is 0 Å². The van der Waals surface area contributed by atoms with E-state index in [1.165, 1.54) is 25.7 Å². The van der Waals surface area contributed by atoms with Crippen molar-refractivity contribution in [3.8, 4) is 0 Å². The normalized spacial score (nSPS) is 21.9. The molecule has 0 radical (unpaired) electrons. The number of nitrogens with one attached hydrogen (secondary N) is 1. The lowest BCUT2D eigenvalue weighted by atomic mass is 10.2. The minimum Gasteiger partial charge on any atom is -0.369 e. The summed E-state index contributed by atoms with van der Waals surface area (Å²) in [6, 6.07) is 0.525. The number of primary amides is 1. The highest BCUT2D eigenvalue weighted by Gasteiger charge is 2.21. The van der Waals surface area contributed by atoms with Crippen molar-refractivity contribution >= 4 is 11.8 Å². The zero-order chi connectivity index (χ0) is 14.4. The number of nitrogens with zero attached hydrogens (tertiary/aromatic N) is 2. The molecule has 114 valence electrons. The largest absolute Gasteiger partial charge is 0.369 e. The highest BCUT2D eigenvalue weighted by Crippen LogP contribution is 2.17. The van der Waals surface area contributed by atoms with Gasteiger partial charge in [0, 0.05) is 32.2 Å². The standard InChI is InChI=1S/C14H26N4O2/c15-13(19)11-17-6-3-7-18(9-8-17)14(20)10-16-12-4-1-2-5-12/h12,16H,1-11H2,(H2,15,19). The predicted molar refractivity (Wildman–Crippen MR) is 77.1 cm³/mol. The van der Waals surface area contributed by atoms with E-state index >= 15 is 0 Å². The van der Waals surface area contributed by atoms with Crippen LogP contribution < -0.4 is 11.1 Å². The van der Waals surface area contributed by atoms with Gasteiger partial charge in [-0.3, -0.25) is 14.5 Å². The van der Waals surface area contributed by atoms with Crippen LogP contribution in [-0.4, -0.2) is 66.9 Å². The number of carbonyl (C=O) groups excluding carboxylic acids is 2. The molecule has 0 bridgehead atoms. The molecule has 0 unspecified atom stereocenters. The average molecular weight is 282 g/mol. The molecule has 1 saturated carbocycles. The summed E-state index contributed by atoms with van der Waals surface area (Å²) in [5.74, 6) is -0.120. The lowest BCUT2D eigenvalue weighted by molar-refractivity contribution is -0.130. The molecule has 6 nitrogen and oxygen atoms in total. The fourth-order valence-corrected chi connectivity index (χ4v) is 3.07. The van der Waals surface area contributed by atoms with Gasteiger partial charge < -0.3 is 16.0 Å². The molecule has 2 aliphatic rings. The Morgan fingerprint density at radius 1 is 1.05 bits per heavy atom. The molecule has 1 aliphatic heterocycles. The fraction of sp³-hybridized carbons (Fsp3) is 0.857. The Morgan fingerprint density at radius 2 is 1.80 bits per heavy atom. The second kappa shape index (κ2) is 7.59. The topological polar surface area (TPSA) is 78.7 Å². The van der Waals surface area contributed by atoms with E-state index in [9.17, 15) is 9.59 Å². The summed E-state index contributed by atoms with van der Waals surface area (Å²) in [4.78, 5) is 27.1. The van der Waals surface area contributed by atoms with Gasteiger partial charge in [-0.2, -0.15) is 0 Å². The SMILES string of the molecule is NC(=O)CN1CCCN(C(=O)CNC2CCCC2)CC1. The first-order valence-electron chi connectivity index (χ1n) is 7.67. The summed E-state index contributed by atoms with van der Waals surface area (Å²) in [7, 11) is 0. The van der Waals surface area contributed by atoms with E-state index in [4.69, 9.17) is 5.73 Å². The Kier molecular flexibility index (Phi) is 5.79. The van der Waals surface area contributed by atoms with Gasteiger partial charge in [-0.1, -0.05) is 12.8 Å². The van der Waals surface area contributed by atoms with E-state index in [-0.39, 0.29) is 11.8 Å². The second-order valence-corrected chi connectivity index (χ2v) is 5.84. The van der Waals surface area contributed by atoms with Gasteiger partial charge in [0.05, 0.1) is 13.1 Å². The van der Waals surface area contributed by atoms with E-state index in [0.29, 0.717) is 25.7 Å². The third kappa shape index (κ3) is 4.76. The van der Waals surface area contributed by atoms with Crippen LogP contribution in [0.15, 0.2) is 0 Å². The van der Waals surface area contributed by atoms with E-state index in [1.807, 2.05) is 9.80 Å². The van der Waals surface area contributed by atoms with Gasteiger partial charge in [-0.05, 0) is 19.3 Å². The second-order valence-electron chi connectivity index (χ2n) is 5.84. The van der Waals surface area contributed by atoms with E-state index in [2.05, 4.69) is 5.32 Å². The molecule has 0 spiro atoms. The molecule has 0 atom stereocenters. The third-order valence-electron chi connectivity index (χ3n) is 4.22. The van der Waals surface area contributed by atoms with E-state index in [1.54, 1.807) is 0 Å². The van der Waals surface area contributed by atoms with Crippen LogP contribution in [0.2, 0.25) is 0 Å². The molecule has 20 heavy (non-hydrogen) atoms. The summed E-state index contributed by atoms with van der Waals surface area (Å²) in [5, 5.41) is 3.36. The molecule has 2 rings (SSSR count). The molecular formula is C14H26N4O2. The van der Waals surface area contributed by atoms with E-state index < -0.39 is 0 Å². The van der Waals surface area contributed by atoms with Crippen LogP contribution in [0, 0.1) is 0 Å². The summed E-state index contributed by atoms with van der Waals surface area (Å²) >= 11 is 0. The first-order valence-corrected chi connectivity index (χ1v) is 7.67. The molecule has 3 N–H and O–H groups in total. The average Bonchev–Trinajstić information content (AvgIpc) is 2.82. The van der Waals surface area contributed by atoms with Crippen molar-refractivity contribution in [2.24, 2.45) is 5.73 Å². The monoisotopic (exact) mass is 282 g/mol. The molecule has 6 heteroatoms. The molecule has 0 aromatic rings. The Morgan fingerprint density at radius 3 is 2.50 bits per heavy atom. The quantitative estimate of drug-likeness (QED) is 0.715. The lowest BCUT2D eigenvalue weighted by Gasteiger charge is -2.22. The summed E-state index contributed by atoms with van der Waals surface area (Å²) < 4.78 is 0. The molecule has 2 amide bonds. The number of amides is 2. The molecular weight excluding hydrogens is 256 g/mol. The zero-order valence-electron chi connectivity index (χ0n) is 12.1. The van der Waals surface area contributed by atoms with Crippen LogP contribution in [-0.2, 0) is 9.59 Å². The summed E-state index contributed by atoms with van der Waals surface area (Å²) in [5.41, 5.74) is 5.22. The van der Waals surface area contributed by atoms with Gasteiger partial charge in [0.1, 0.15) is 0 Å². The summed E-state index contributed by atoms with van der Waals surface area (Å²) in [6.07, 6.45) is 5.84. The van der Waals surface area contributed by atoms with Crippen molar-refractivity contribution in [2.75, 3.05) is 39.3 Å². The maximum atomic E-state index is 12.2. The maximum Gasteiger partial charge on any atom is 0.236 e. The van der Waals surface area contributed by atoms with Gasteiger partial charge in [-0.25, -0.2) is 0 Å². The lowest BCUT2D eigenvalue weighted by Crippen LogP contribution is -2.43. The number of nitrogens with two attached hydrogens (primary N) is 1. The number of hydrogen-bond acceptors (Lipinski definition) is 4. The minimum absolute atomic E-state index is 0.179. The van der Waals surface area contributed by atoms with E-state index in [0.717, 1.165) is 26.1 Å². The minimum atomic E-state index is -0.298. The van der Waals surface area contributed by atoms with Gasteiger partial charge in [0.15, 0.2) is 0 Å². The Hall–Kier alpha value is -1.14. The van der Waals surface area contributed by atoms with Crippen LogP contribution in [0.5, 0.6) is 0 Å². The van der Waals surface area contributed by atoms with Gasteiger partial charge in [-0.15, -0.1) is 0 Å². The molecule has 1 aliphatic carbocycles. The summed E-state index contributed by atoms with van der Waals surface area (Å²) in [6.45, 7) is 3.78. The van der Waals surface area contributed by atoms with Crippen LogP contribution in [0.25, 0.3) is 0 Å². The first kappa shape index (κ1) is 15.3. The van der Waals surface area contributed by atoms with Gasteiger partial charge >= 0.3 is 0 Å². The predicted octanol–water partition coefficient (Wildman–Crippen LogP) is -0.462. The smallest absolute Gasteiger partial charge is 0.236 e. The van der Waals surface area contributed by atoms with Crippen molar-refractivity contribution in [1.29, 1.82) is 0 Å². The number of rotatable bonds is 5. The fourth-order valence-electron chi connectivity index (χ4n) is 3.07. The molecule has 0 aromatic carbocycles. The highest BCUT2D eigenvalue weighted by molar-refractivity contribution is 5.78. The number of carbonyl (C=O) groups is 2. The Labute approximate surface area is 120 Å². The zero-order valence-corrected chi connectivity index (χ0v) is 12.1. The van der Waals surface area contributed by atoms with Crippen molar-refractivity contribution in [3.05, 3.63) is 0 Å².